The molecule has 3 rings (SSSR count). The maximum atomic E-state index is 12.8. The molecular weight excluding hydrogens is 337 g/mol. The molecule has 0 aromatic heterocycles. The van der Waals surface area contributed by atoms with E-state index in [1.165, 1.54) is 17.0 Å². The number of hydrogen-bond acceptors (Lipinski definition) is 3. The number of benzene rings is 1. The Morgan fingerprint density at radius 1 is 1.28 bits per heavy atom. The average Bonchev–Trinajstić information content (AvgIpc) is 3.00. The quantitative estimate of drug-likeness (QED) is 0.896. The molecule has 136 valence electrons. The molecule has 2 saturated heterocycles. The SMILES string of the molecule is CN1C[C@H]2CN(C(=O)Cc3cccc(C(F)(F)F)c3)C[C@@]2(C(=O)O)C1. The first-order valence-electron chi connectivity index (χ1n) is 7.98. The van der Waals surface area contributed by atoms with Crippen LogP contribution in [0.5, 0.6) is 0 Å². The number of carboxylic acid groups (broad SMARTS) is 1. The Labute approximate surface area is 143 Å². The van der Waals surface area contributed by atoms with E-state index >= 15 is 0 Å². The number of nitrogens with zero attached hydrogens (tertiary/aromatic N) is 2. The van der Waals surface area contributed by atoms with Crippen molar-refractivity contribution in [3.8, 4) is 0 Å². The molecule has 2 atom stereocenters. The highest BCUT2D eigenvalue weighted by Crippen LogP contribution is 2.42. The number of carbonyl (C=O) groups is 2. The van der Waals surface area contributed by atoms with Crippen molar-refractivity contribution in [2.45, 2.75) is 12.6 Å². The number of fused-ring (bicyclic) bond motifs is 1. The first kappa shape index (κ1) is 17.7. The predicted molar refractivity (Wildman–Crippen MR) is 82.8 cm³/mol. The number of halogens is 3. The van der Waals surface area contributed by atoms with Crippen LogP contribution >= 0.6 is 0 Å². The molecule has 0 saturated carbocycles. The van der Waals surface area contributed by atoms with Crippen molar-refractivity contribution in [1.29, 1.82) is 0 Å². The molecule has 25 heavy (non-hydrogen) atoms. The fraction of sp³-hybridized carbons (Fsp3) is 0.529. The van der Waals surface area contributed by atoms with E-state index in [0.717, 1.165) is 12.1 Å². The zero-order valence-electron chi connectivity index (χ0n) is 13.7. The van der Waals surface area contributed by atoms with Crippen LogP contribution in [-0.4, -0.2) is 60.0 Å². The van der Waals surface area contributed by atoms with Crippen LogP contribution in [-0.2, 0) is 22.2 Å². The molecule has 0 unspecified atom stereocenters. The van der Waals surface area contributed by atoms with E-state index in [4.69, 9.17) is 0 Å². The monoisotopic (exact) mass is 356 g/mol. The van der Waals surface area contributed by atoms with Gasteiger partial charge in [-0.3, -0.25) is 9.59 Å². The molecule has 1 amide bonds. The fourth-order valence-corrected chi connectivity index (χ4v) is 3.95. The second-order valence-electron chi connectivity index (χ2n) is 7.00. The van der Waals surface area contributed by atoms with Crippen molar-refractivity contribution >= 4 is 11.9 Å². The van der Waals surface area contributed by atoms with Gasteiger partial charge in [0.1, 0.15) is 5.41 Å². The van der Waals surface area contributed by atoms with E-state index in [9.17, 15) is 27.9 Å². The van der Waals surface area contributed by atoms with Gasteiger partial charge in [-0.2, -0.15) is 13.2 Å². The summed E-state index contributed by atoms with van der Waals surface area (Å²) in [6.07, 6.45) is -4.62. The number of aliphatic carboxylic acids is 1. The Kier molecular flexibility index (Phi) is 4.26. The lowest BCUT2D eigenvalue weighted by Gasteiger charge is -2.24. The van der Waals surface area contributed by atoms with Gasteiger partial charge in [0, 0.05) is 32.1 Å². The molecule has 0 spiro atoms. The first-order valence-corrected chi connectivity index (χ1v) is 7.98. The van der Waals surface area contributed by atoms with Crippen LogP contribution in [0.15, 0.2) is 24.3 Å². The van der Waals surface area contributed by atoms with Crippen molar-refractivity contribution in [3.63, 3.8) is 0 Å². The highest BCUT2D eigenvalue weighted by atomic mass is 19.4. The topological polar surface area (TPSA) is 60.9 Å². The van der Waals surface area contributed by atoms with Crippen LogP contribution in [0, 0.1) is 11.3 Å². The third kappa shape index (κ3) is 3.22. The summed E-state index contributed by atoms with van der Waals surface area (Å²) in [6.45, 7) is 1.41. The largest absolute Gasteiger partial charge is 0.481 e. The fourth-order valence-electron chi connectivity index (χ4n) is 3.95. The number of alkyl halides is 3. The van der Waals surface area contributed by atoms with Gasteiger partial charge in [0.15, 0.2) is 0 Å². The Morgan fingerprint density at radius 3 is 2.60 bits per heavy atom. The summed E-state index contributed by atoms with van der Waals surface area (Å²) in [7, 11) is 1.85. The van der Waals surface area contributed by atoms with Gasteiger partial charge in [0.25, 0.3) is 0 Å². The lowest BCUT2D eigenvalue weighted by molar-refractivity contribution is -0.149. The molecular formula is C17H19F3N2O3. The third-order valence-corrected chi connectivity index (χ3v) is 5.17. The number of carboxylic acids is 1. The Bertz CT molecular complexity index is 707. The summed E-state index contributed by atoms with van der Waals surface area (Å²) in [5, 5.41) is 9.62. The highest BCUT2D eigenvalue weighted by Gasteiger charge is 2.57. The van der Waals surface area contributed by atoms with E-state index < -0.39 is 23.1 Å². The number of carbonyl (C=O) groups excluding carboxylic acids is 1. The molecule has 8 heteroatoms. The Hall–Kier alpha value is -2.09. The maximum absolute atomic E-state index is 12.8. The van der Waals surface area contributed by atoms with Gasteiger partial charge >= 0.3 is 12.1 Å². The van der Waals surface area contributed by atoms with Crippen LogP contribution in [0.4, 0.5) is 13.2 Å². The van der Waals surface area contributed by atoms with E-state index in [1.54, 1.807) is 0 Å². The van der Waals surface area contributed by atoms with Crippen molar-refractivity contribution in [2.75, 3.05) is 33.2 Å². The number of hydrogen-bond donors (Lipinski definition) is 1. The minimum absolute atomic E-state index is 0.106. The third-order valence-electron chi connectivity index (χ3n) is 5.17. The molecule has 2 aliphatic heterocycles. The zero-order valence-corrected chi connectivity index (χ0v) is 13.7. The summed E-state index contributed by atoms with van der Waals surface area (Å²) < 4.78 is 38.3. The van der Waals surface area contributed by atoms with Crippen molar-refractivity contribution in [2.24, 2.45) is 11.3 Å². The van der Waals surface area contributed by atoms with Crippen molar-refractivity contribution in [1.82, 2.24) is 9.80 Å². The summed E-state index contributed by atoms with van der Waals surface area (Å²) in [5.41, 5.74) is -1.49. The van der Waals surface area contributed by atoms with Gasteiger partial charge in [-0.05, 0) is 18.7 Å². The van der Waals surface area contributed by atoms with E-state index in [-0.39, 0.29) is 30.4 Å². The van der Waals surface area contributed by atoms with Crippen LogP contribution in [0.3, 0.4) is 0 Å². The van der Waals surface area contributed by atoms with Gasteiger partial charge in [0.05, 0.1) is 12.0 Å². The van der Waals surface area contributed by atoms with Crippen LogP contribution < -0.4 is 0 Å². The first-order chi connectivity index (χ1) is 11.6. The molecule has 5 nitrogen and oxygen atoms in total. The van der Waals surface area contributed by atoms with Gasteiger partial charge in [0.2, 0.25) is 5.91 Å². The predicted octanol–water partition coefficient (Wildman–Crippen LogP) is 1.72. The second kappa shape index (κ2) is 6.01. The zero-order chi connectivity index (χ0) is 18.4. The lowest BCUT2D eigenvalue weighted by atomic mass is 9.81. The number of rotatable bonds is 3. The van der Waals surface area contributed by atoms with Crippen LogP contribution in [0.2, 0.25) is 0 Å². The molecule has 1 aromatic rings. The van der Waals surface area contributed by atoms with Gasteiger partial charge in [-0.1, -0.05) is 18.2 Å². The van der Waals surface area contributed by atoms with E-state index in [1.807, 2.05) is 11.9 Å². The minimum atomic E-state index is -4.46. The summed E-state index contributed by atoms with van der Waals surface area (Å²) in [5.74, 6) is -1.41. The lowest BCUT2D eigenvalue weighted by Crippen LogP contribution is -2.41. The number of amides is 1. The van der Waals surface area contributed by atoms with Gasteiger partial charge in [-0.15, -0.1) is 0 Å². The van der Waals surface area contributed by atoms with Crippen molar-refractivity contribution < 1.29 is 27.9 Å². The standard InChI is InChI=1S/C17H19F3N2O3/c1-21-7-13-8-22(10-16(13,9-21)15(24)25)14(23)6-11-3-2-4-12(5-11)17(18,19)20/h2-5,13H,6-10H2,1H3,(H,24,25)/t13-,16-/m0/s1. The summed E-state index contributed by atoms with van der Waals surface area (Å²) in [4.78, 5) is 27.6. The molecule has 2 heterocycles. The smallest absolute Gasteiger partial charge is 0.416 e. The molecule has 0 bridgehead atoms. The minimum Gasteiger partial charge on any atom is -0.481 e. The number of likely N-dealkylation sites (tertiary alicyclic amines) is 2. The second-order valence-corrected chi connectivity index (χ2v) is 7.00. The summed E-state index contributed by atoms with van der Waals surface area (Å²) in [6, 6.07) is 4.68. The van der Waals surface area contributed by atoms with Crippen LogP contribution in [0.25, 0.3) is 0 Å². The molecule has 2 aliphatic rings. The highest BCUT2D eigenvalue weighted by molar-refractivity contribution is 5.83. The molecule has 1 N–H and O–H groups in total. The van der Waals surface area contributed by atoms with E-state index in [0.29, 0.717) is 19.6 Å². The average molecular weight is 356 g/mol. The normalized spacial score (nSPS) is 26.7. The Balaban J connectivity index is 1.73. The Morgan fingerprint density at radius 2 is 2.00 bits per heavy atom. The van der Waals surface area contributed by atoms with Crippen LogP contribution in [0.1, 0.15) is 11.1 Å². The maximum Gasteiger partial charge on any atom is 0.416 e. The molecule has 1 aromatic carbocycles. The van der Waals surface area contributed by atoms with E-state index in [2.05, 4.69) is 0 Å². The van der Waals surface area contributed by atoms with Crippen molar-refractivity contribution in [3.05, 3.63) is 35.4 Å². The molecule has 0 aliphatic carbocycles. The van der Waals surface area contributed by atoms with Gasteiger partial charge in [-0.25, -0.2) is 0 Å². The summed E-state index contributed by atoms with van der Waals surface area (Å²) >= 11 is 0. The van der Waals surface area contributed by atoms with Gasteiger partial charge < -0.3 is 14.9 Å². The molecule has 0 radical (unpaired) electrons. The molecule has 2 fully saturated rings.